The molecule has 2 heterocycles. The van der Waals surface area contributed by atoms with Crippen molar-refractivity contribution in [2.24, 2.45) is 0 Å². The lowest BCUT2D eigenvalue weighted by Gasteiger charge is -2.10. The van der Waals surface area contributed by atoms with Crippen molar-refractivity contribution in [2.45, 2.75) is 25.9 Å². The number of nitrogens with one attached hydrogen (secondary N) is 1. The molecule has 0 bridgehead atoms. The Labute approximate surface area is 122 Å². The van der Waals surface area contributed by atoms with Crippen molar-refractivity contribution in [1.82, 2.24) is 0 Å². The molecule has 1 N–H and O–H groups in total. The highest BCUT2D eigenvalue weighted by molar-refractivity contribution is 7.16. The van der Waals surface area contributed by atoms with Gasteiger partial charge in [0.05, 0.1) is 18.2 Å². The molecular formula is C16H17NO2S. The number of fused-ring (bicyclic) bond motifs is 1. The van der Waals surface area contributed by atoms with Gasteiger partial charge in [0.15, 0.2) is 0 Å². The molecule has 0 fully saturated rings. The molecule has 1 aromatic carbocycles. The van der Waals surface area contributed by atoms with Crippen LogP contribution in [0.25, 0.3) is 0 Å². The number of benzene rings is 1. The number of thiophene rings is 1. The molecule has 1 aliphatic rings. The van der Waals surface area contributed by atoms with E-state index in [9.17, 15) is 4.79 Å². The Kier molecular flexibility index (Phi) is 4.14. The number of hydrogen-bond donors (Lipinski definition) is 1. The van der Waals surface area contributed by atoms with Crippen molar-refractivity contribution in [3.8, 4) is 0 Å². The Morgan fingerprint density at radius 2 is 2.15 bits per heavy atom. The van der Waals surface area contributed by atoms with Gasteiger partial charge in [0.1, 0.15) is 0 Å². The van der Waals surface area contributed by atoms with Gasteiger partial charge in [0, 0.05) is 11.3 Å². The zero-order valence-electron chi connectivity index (χ0n) is 11.2. The smallest absolute Gasteiger partial charge is 0.225 e. The molecule has 0 atom stereocenters. The van der Waals surface area contributed by atoms with Gasteiger partial charge < -0.3 is 10.1 Å². The quantitative estimate of drug-likeness (QED) is 0.936. The van der Waals surface area contributed by atoms with Crippen molar-refractivity contribution in [3.05, 3.63) is 52.4 Å². The van der Waals surface area contributed by atoms with Gasteiger partial charge in [0.25, 0.3) is 0 Å². The summed E-state index contributed by atoms with van der Waals surface area (Å²) in [6.07, 6.45) is 2.25. The first-order valence-electron chi connectivity index (χ1n) is 6.84. The summed E-state index contributed by atoms with van der Waals surface area (Å²) in [5.41, 5.74) is 2.51. The number of ether oxygens (including phenoxy) is 1. The maximum Gasteiger partial charge on any atom is 0.225 e. The van der Waals surface area contributed by atoms with Gasteiger partial charge >= 0.3 is 0 Å². The molecule has 3 nitrogen and oxygen atoms in total. The fourth-order valence-electron chi connectivity index (χ4n) is 2.31. The molecule has 0 saturated heterocycles. The van der Waals surface area contributed by atoms with Crippen LogP contribution < -0.4 is 5.32 Å². The van der Waals surface area contributed by atoms with Crippen LogP contribution >= 0.6 is 11.3 Å². The third kappa shape index (κ3) is 3.26. The lowest BCUT2D eigenvalue weighted by molar-refractivity contribution is -0.116. The molecule has 20 heavy (non-hydrogen) atoms. The van der Waals surface area contributed by atoms with Gasteiger partial charge in [-0.05, 0) is 30.0 Å². The molecule has 1 amide bonds. The Morgan fingerprint density at radius 3 is 2.95 bits per heavy atom. The van der Waals surface area contributed by atoms with Crippen LogP contribution in [0.1, 0.15) is 22.4 Å². The summed E-state index contributed by atoms with van der Waals surface area (Å²) in [5, 5.41) is 3.94. The number of hydrogen-bond acceptors (Lipinski definition) is 3. The number of carbonyl (C=O) groups is 1. The summed E-state index contributed by atoms with van der Waals surface area (Å²) in [5.74, 6) is 0.0772. The second-order valence-corrected chi connectivity index (χ2v) is 6.03. The predicted octanol–water partition coefficient (Wildman–Crippen LogP) is 3.39. The Hall–Kier alpha value is -1.65. The lowest BCUT2D eigenvalue weighted by Crippen LogP contribution is -2.11. The maximum absolute atomic E-state index is 12.0. The summed E-state index contributed by atoms with van der Waals surface area (Å²) in [7, 11) is 0. The van der Waals surface area contributed by atoms with Gasteiger partial charge in [0.2, 0.25) is 5.91 Å². The highest BCUT2D eigenvalue weighted by Gasteiger charge is 2.14. The van der Waals surface area contributed by atoms with Crippen LogP contribution in [0.3, 0.4) is 0 Å². The number of anilines is 1. The zero-order chi connectivity index (χ0) is 13.8. The van der Waals surface area contributed by atoms with E-state index in [1.54, 1.807) is 11.3 Å². The molecule has 0 unspecified atom stereocenters. The summed E-state index contributed by atoms with van der Waals surface area (Å²) >= 11 is 1.63. The minimum atomic E-state index is 0.0772. The van der Waals surface area contributed by atoms with Crippen molar-refractivity contribution in [1.29, 1.82) is 0 Å². The van der Waals surface area contributed by atoms with Crippen molar-refractivity contribution in [2.75, 3.05) is 11.9 Å². The van der Waals surface area contributed by atoms with Crippen molar-refractivity contribution < 1.29 is 9.53 Å². The van der Waals surface area contributed by atoms with E-state index in [2.05, 4.69) is 23.5 Å². The monoisotopic (exact) mass is 287 g/mol. The predicted molar refractivity (Wildman–Crippen MR) is 81.1 cm³/mol. The molecule has 0 saturated carbocycles. The third-order valence-corrected chi connectivity index (χ3v) is 4.46. The number of rotatable bonds is 4. The molecule has 0 spiro atoms. The van der Waals surface area contributed by atoms with E-state index in [0.717, 1.165) is 24.4 Å². The number of amides is 1. The third-order valence-electron chi connectivity index (χ3n) is 3.39. The van der Waals surface area contributed by atoms with Gasteiger partial charge in [-0.15, -0.1) is 11.3 Å². The summed E-state index contributed by atoms with van der Waals surface area (Å²) < 4.78 is 5.42. The molecule has 0 aliphatic carbocycles. The van der Waals surface area contributed by atoms with Crippen molar-refractivity contribution >= 4 is 22.2 Å². The molecule has 3 rings (SSSR count). The molecule has 1 aliphatic heterocycles. The number of carbonyl (C=O) groups excluding carboxylic acids is 1. The van der Waals surface area contributed by atoms with Gasteiger partial charge in [-0.25, -0.2) is 0 Å². The average Bonchev–Trinajstić information content (AvgIpc) is 2.88. The maximum atomic E-state index is 12.0. The molecule has 0 radical (unpaired) electrons. The van der Waals surface area contributed by atoms with E-state index in [0.29, 0.717) is 13.0 Å². The normalized spacial score (nSPS) is 13.8. The number of aryl methyl sites for hydroxylation is 1. The fraction of sp³-hybridized carbons (Fsp3) is 0.312. The van der Waals surface area contributed by atoms with E-state index in [4.69, 9.17) is 4.74 Å². The van der Waals surface area contributed by atoms with Crippen LogP contribution in [-0.4, -0.2) is 12.5 Å². The SMILES string of the molecule is O=C(CCc1ccccc1)Nc1cc2c(s1)COCC2. The van der Waals surface area contributed by atoms with Crippen LogP contribution in [0, 0.1) is 0 Å². The first-order chi connectivity index (χ1) is 9.81. The average molecular weight is 287 g/mol. The summed E-state index contributed by atoms with van der Waals surface area (Å²) in [6.45, 7) is 1.46. The van der Waals surface area contributed by atoms with Gasteiger partial charge in [-0.2, -0.15) is 0 Å². The van der Waals surface area contributed by atoms with Crippen LogP contribution in [0.15, 0.2) is 36.4 Å². The first kappa shape index (κ1) is 13.3. The molecule has 104 valence electrons. The van der Waals surface area contributed by atoms with Gasteiger partial charge in [-0.1, -0.05) is 30.3 Å². The minimum Gasteiger partial charge on any atom is -0.376 e. The lowest BCUT2D eigenvalue weighted by atomic mass is 10.1. The summed E-state index contributed by atoms with van der Waals surface area (Å²) in [4.78, 5) is 13.2. The van der Waals surface area contributed by atoms with E-state index < -0.39 is 0 Å². The molecule has 4 heteroatoms. The van der Waals surface area contributed by atoms with Crippen LogP contribution in [0.4, 0.5) is 5.00 Å². The van der Waals surface area contributed by atoms with Crippen LogP contribution in [0.5, 0.6) is 0 Å². The van der Waals surface area contributed by atoms with Crippen LogP contribution in [0.2, 0.25) is 0 Å². The minimum absolute atomic E-state index is 0.0772. The topological polar surface area (TPSA) is 38.3 Å². The fourth-order valence-corrected chi connectivity index (χ4v) is 3.38. The highest BCUT2D eigenvalue weighted by Crippen LogP contribution is 2.30. The van der Waals surface area contributed by atoms with E-state index in [1.165, 1.54) is 16.0 Å². The Morgan fingerprint density at radius 1 is 1.30 bits per heavy atom. The zero-order valence-corrected chi connectivity index (χ0v) is 12.0. The standard InChI is InChI=1S/C16H17NO2S/c18-15(7-6-12-4-2-1-3-5-12)17-16-10-13-8-9-19-11-14(13)20-16/h1-5,10H,6-9,11H2,(H,17,18). The second kappa shape index (κ2) is 6.20. The Balaban J connectivity index is 1.55. The molecule has 2 aromatic rings. The van der Waals surface area contributed by atoms with E-state index in [-0.39, 0.29) is 5.91 Å². The largest absolute Gasteiger partial charge is 0.376 e. The Bertz CT molecular complexity index is 568. The van der Waals surface area contributed by atoms with Crippen molar-refractivity contribution in [3.63, 3.8) is 0 Å². The second-order valence-electron chi connectivity index (χ2n) is 4.90. The highest BCUT2D eigenvalue weighted by atomic mass is 32.1. The van der Waals surface area contributed by atoms with E-state index in [1.807, 2.05) is 18.2 Å². The first-order valence-corrected chi connectivity index (χ1v) is 7.66. The molecular weight excluding hydrogens is 270 g/mol. The summed E-state index contributed by atoms with van der Waals surface area (Å²) in [6, 6.07) is 12.2. The molecule has 1 aromatic heterocycles. The van der Waals surface area contributed by atoms with E-state index >= 15 is 0 Å². The van der Waals surface area contributed by atoms with Gasteiger partial charge in [-0.3, -0.25) is 4.79 Å². The van der Waals surface area contributed by atoms with Crippen LogP contribution in [-0.2, 0) is 29.0 Å².